The zero-order chi connectivity index (χ0) is 13.1. The summed E-state index contributed by atoms with van der Waals surface area (Å²) in [6, 6.07) is 7.43. The van der Waals surface area contributed by atoms with Gasteiger partial charge in [0, 0.05) is 5.56 Å². The molecule has 0 saturated carbocycles. The van der Waals surface area contributed by atoms with Crippen molar-refractivity contribution >= 4 is 0 Å². The molecular formula is C13H16N2O3. The molecule has 0 aliphatic carbocycles. The lowest BCUT2D eigenvalue weighted by atomic mass is 10.1. The molecule has 1 N–H and O–H groups in total. The summed E-state index contributed by atoms with van der Waals surface area (Å²) in [6.45, 7) is 3.54. The highest BCUT2D eigenvalue weighted by Gasteiger charge is 2.19. The lowest BCUT2D eigenvalue weighted by Crippen LogP contribution is -2.11. The number of benzene rings is 1. The Hall–Kier alpha value is -1.88. The predicted octanol–water partition coefficient (Wildman–Crippen LogP) is 2.23. The fourth-order valence-corrected chi connectivity index (χ4v) is 1.51. The van der Waals surface area contributed by atoms with E-state index < -0.39 is 6.10 Å². The zero-order valence-electron chi connectivity index (χ0n) is 10.6. The van der Waals surface area contributed by atoms with Crippen LogP contribution >= 0.6 is 0 Å². The number of aliphatic hydroxyl groups excluding tert-OH is 1. The van der Waals surface area contributed by atoms with Crippen LogP contribution in [-0.4, -0.2) is 28.5 Å². The van der Waals surface area contributed by atoms with Crippen molar-refractivity contribution in [2.75, 3.05) is 7.11 Å². The van der Waals surface area contributed by atoms with Crippen LogP contribution in [0, 0.1) is 0 Å². The minimum atomic E-state index is -0.524. The van der Waals surface area contributed by atoms with E-state index in [1.54, 1.807) is 14.0 Å². The van der Waals surface area contributed by atoms with Crippen LogP contribution in [0.3, 0.4) is 0 Å². The standard InChI is InChI=1S/C13H16N2O3/c1-8(9(2)16)13-14-12(15-18-13)10-5-4-6-11(7-10)17-3/h4-9,16H,1-3H3. The Labute approximate surface area is 105 Å². The second-order valence-corrected chi connectivity index (χ2v) is 4.22. The van der Waals surface area contributed by atoms with Gasteiger partial charge in [0.25, 0.3) is 0 Å². The van der Waals surface area contributed by atoms with E-state index in [9.17, 15) is 5.11 Å². The molecule has 0 aliphatic heterocycles. The molecule has 0 bridgehead atoms. The molecule has 0 saturated heterocycles. The van der Waals surface area contributed by atoms with E-state index in [0.717, 1.165) is 11.3 Å². The second kappa shape index (κ2) is 5.18. The van der Waals surface area contributed by atoms with E-state index in [1.165, 1.54) is 0 Å². The molecule has 96 valence electrons. The van der Waals surface area contributed by atoms with Gasteiger partial charge in [-0.15, -0.1) is 0 Å². The van der Waals surface area contributed by atoms with Crippen LogP contribution in [0.2, 0.25) is 0 Å². The average Bonchev–Trinajstić information content (AvgIpc) is 2.87. The summed E-state index contributed by atoms with van der Waals surface area (Å²) >= 11 is 0. The number of methoxy groups -OCH3 is 1. The molecule has 2 atom stereocenters. The van der Waals surface area contributed by atoms with Crippen LogP contribution in [0.5, 0.6) is 5.75 Å². The molecule has 0 spiro atoms. The minimum absolute atomic E-state index is 0.183. The van der Waals surface area contributed by atoms with Gasteiger partial charge in [-0.2, -0.15) is 4.98 Å². The number of aromatic nitrogens is 2. The van der Waals surface area contributed by atoms with Gasteiger partial charge in [-0.25, -0.2) is 0 Å². The molecule has 5 heteroatoms. The van der Waals surface area contributed by atoms with Crippen molar-refractivity contribution in [2.24, 2.45) is 0 Å². The smallest absolute Gasteiger partial charge is 0.232 e. The van der Waals surface area contributed by atoms with Crippen molar-refractivity contribution in [3.63, 3.8) is 0 Å². The fraction of sp³-hybridized carbons (Fsp3) is 0.385. The third-order valence-electron chi connectivity index (χ3n) is 2.88. The van der Waals surface area contributed by atoms with Gasteiger partial charge >= 0.3 is 0 Å². The molecule has 0 fully saturated rings. The lowest BCUT2D eigenvalue weighted by molar-refractivity contribution is 0.151. The molecule has 18 heavy (non-hydrogen) atoms. The second-order valence-electron chi connectivity index (χ2n) is 4.22. The molecule has 5 nitrogen and oxygen atoms in total. The summed E-state index contributed by atoms with van der Waals surface area (Å²) in [5, 5.41) is 13.4. The van der Waals surface area contributed by atoms with Crippen molar-refractivity contribution in [3.8, 4) is 17.1 Å². The first-order valence-corrected chi connectivity index (χ1v) is 5.78. The fourth-order valence-electron chi connectivity index (χ4n) is 1.51. The van der Waals surface area contributed by atoms with Gasteiger partial charge in [0.15, 0.2) is 0 Å². The van der Waals surface area contributed by atoms with Gasteiger partial charge in [-0.3, -0.25) is 0 Å². The van der Waals surface area contributed by atoms with Gasteiger partial charge in [0.05, 0.1) is 19.1 Å². The minimum Gasteiger partial charge on any atom is -0.497 e. The Morgan fingerprint density at radius 1 is 1.33 bits per heavy atom. The largest absolute Gasteiger partial charge is 0.497 e. The van der Waals surface area contributed by atoms with Crippen molar-refractivity contribution in [1.29, 1.82) is 0 Å². The third-order valence-corrected chi connectivity index (χ3v) is 2.88. The topological polar surface area (TPSA) is 68.4 Å². The Morgan fingerprint density at radius 2 is 2.11 bits per heavy atom. The number of ether oxygens (including phenoxy) is 1. The average molecular weight is 248 g/mol. The highest BCUT2D eigenvalue weighted by atomic mass is 16.5. The number of hydrogen-bond acceptors (Lipinski definition) is 5. The Bertz CT molecular complexity index is 522. The zero-order valence-corrected chi connectivity index (χ0v) is 10.6. The molecule has 1 aromatic heterocycles. The van der Waals surface area contributed by atoms with Gasteiger partial charge in [-0.05, 0) is 19.1 Å². The summed E-state index contributed by atoms with van der Waals surface area (Å²) in [5.41, 5.74) is 0.821. The summed E-state index contributed by atoms with van der Waals surface area (Å²) < 4.78 is 10.3. The van der Waals surface area contributed by atoms with Crippen LogP contribution in [0.25, 0.3) is 11.4 Å². The summed E-state index contributed by atoms with van der Waals surface area (Å²) in [6.07, 6.45) is -0.524. The molecule has 0 amide bonds. The SMILES string of the molecule is COc1cccc(-c2noc(C(C)C(C)O)n2)c1. The van der Waals surface area contributed by atoms with Gasteiger partial charge in [0.1, 0.15) is 5.75 Å². The summed E-state index contributed by atoms with van der Waals surface area (Å²) in [4.78, 5) is 4.28. The maximum Gasteiger partial charge on any atom is 0.232 e. The van der Waals surface area contributed by atoms with Gasteiger partial charge in [0.2, 0.25) is 11.7 Å². The summed E-state index contributed by atoms with van der Waals surface area (Å²) in [7, 11) is 1.61. The van der Waals surface area contributed by atoms with Crippen LogP contribution in [-0.2, 0) is 0 Å². The third kappa shape index (κ3) is 2.51. The van der Waals surface area contributed by atoms with Crippen molar-refractivity contribution in [3.05, 3.63) is 30.2 Å². The lowest BCUT2D eigenvalue weighted by Gasteiger charge is -2.08. The highest BCUT2D eigenvalue weighted by Crippen LogP contribution is 2.24. The number of nitrogens with zero attached hydrogens (tertiary/aromatic N) is 2. The molecule has 2 aromatic rings. The Balaban J connectivity index is 2.29. The van der Waals surface area contributed by atoms with E-state index in [1.807, 2.05) is 31.2 Å². The first kappa shape index (κ1) is 12.6. The molecular weight excluding hydrogens is 232 g/mol. The quantitative estimate of drug-likeness (QED) is 0.898. The van der Waals surface area contributed by atoms with Crippen LogP contribution < -0.4 is 4.74 Å². The van der Waals surface area contributed by atoms with E-state index in [-0.39, 0.29) is 5.92 Å². The van der Waals surface area contributed by atoms with Crippen LogP contribution in [0.1, 0.15) is 25.7 Å². The normalized spacial score (nSPS) is 14.2. The van der Waals surface area contributed by atoms with Crippen molar-refractivity contribution in [1.82, 2.24) is 10.1 Å². The maximum atomic E-state index is 9.49. The van der Waals surface area contributed by atoms with E-state index in [2.05, 4.69) is 10.1 Å². The van der Waals surface area contributed by atoms with Crippen molar-refractivity contribution < 1.29 is 14.4 Å². The van der Waals surface area contributed by atoms with E-state index >= 15 is 0 Å². The van der Waals surface area contributed by atoms with Crippen LogP contribution in [0.15, 0.2) is 28.8 Å². The van der Waals surface area contributed by atoms with E-state index in [0.29, 0.717) is 11.7 Å². The molecule has 1 heterocycles. The highest BCUT2D eigenvalue weighted by molar-refractivity contribution is 5.56. The van der Waals surface area contributed by atoms with Crippen molar-refractivity contribution in [2.45, 2.75) is 25.9 Å². The first-order chi connectivity index (χ1) is 8.61. The van der Waals surface area contributed by atoms with Gasteiger partial charge in [-0.1, -0.05) is 24.2 Å². The monoisotopic (exact) mass is 248 g/mol. The number of aliphatic hydroxyl groups is 1. The predicted molar refractivity (Wildman–Crippen MR) is 66.4 cm³/mol. The Morgan fingerprint density at radius 3 is 2.78 bits per heavy atom. The maximum absolute atomic E-state index is 9.49. The molecule has 0 aliphatic rings. The first-order valence-electron chi connectivity index (χ1n) is 5.78. The molecule has 1 aromatic carbocycles. The number of rotatable bonds is 4. The van der Waals surface area contributed by atoms with Crippen LogP contribution in [0.4, 0.5) is 0 Å². The molecule has 2 rings (SSSR count). The van der Waals surface area contributed by atoms with E-state index in [4.69, 9.17) is 9.26 Å². The molecule has 0 radical (unpaired) electrons. The number of hydrogen-bond donors (Lipinski definition) is 1. The summed E-state index contributed by atoms with van der Waals surface area (Å²) in [5.74, 6) is 1.48. The van der Waals surface area contributed by atoms with Gasteiger partial charge < -0.3 is 14.4 Å². The Kier molecular flexibility index (Phi) is 3.62. The molecule has 2 unspecified atom stereocenters.